The van der Waals surface area contributed by atoms with Gasteiger partial charge in [0.25, 0.3) is 0 Å². The average Bonchev–Trinajstić information content (AvgIpc) is 2.90. The largest absolute Gasteiger partial charge is 0.454 e. The molecule has 15 heteroatoms. The Kier molecular flexibility index (Phi) is 8.30. The van der Waals surface area contributed by atoms with Gasteiger partial charge in [0.15, 0.2) is 12.4 Å². The zero-order valence-corrected chi connectivity index (χ0v) is 21.4. The van der Waals surface area contributed by atoms with E-state index in [4.69, 9.17) is 4.74 Å². The fraction of sp³-hybridized carbons (Fsp3) is 0.333. The van der Waals surface area contributed by atoms with Gasteiger partial charge in [-0.1, -0.05) is 30.3 Å². The van der Waals surface area contributed by atoms with Crippen LogP contribution in [-0.2, 0) is 21.4 Å². The Morgan fingerprint density at radius 1 is 1.10 bits per heavy atom. The maximum absolute atomic E-state index is 13.2. The monoisotopic (exact) mass is 568 g/mol. The van der Waals surface area contributed by atoms with Crippen molar-refractivity contribution in [3.05, 3.63) is 65.5 Å². The van der Waals surface area contributed by atoms with Crippen LogP contribution in [-0.4, -0.2) is 77.7 Å². The summed E-state index contributed by atoms with van der Waals surface area (Å²) >= 11 is 0. The quantitative estimate of drug-likeness (QED) is 0.309. The summed E-state index contributed by atoms with van der Waals surface area (Å²) in [5, 5.41) is 2.87. The summed E-state index contributed by atoms with van der Waals surface area (Å²) in [7, 11) is -3.50. The average molecular weight is 569 g/mol. The smallest absolute Gasteiger partial charge is 0.422 e. The number of amides is 1. The first-order valence-electron chi connectivity index (χ1n) is 11.6. The van der Waals surface area contributed by atoms with Crippen molar-refractivity contribution in [3.8, 4) is 17.4 Å². The molecule has 1 aromatic heterocycles. The molecule has 39 heavy (non-hydrogen) atoms. The molecular weight excluding hydrogens is 544 g/mol. The third-order valence-electron chi connectivity index (χ3n) is 5.86. The van der Waals surface area contributed by atoms with Gasteiger partial charge in [-0.3, -0.25) is 4.79 Å². The summed E-state index contributed by atoms with van der Waals surface area (Å²) in [5.41, 5.74) is 1.62. The number of carbonyl (C=O) groups excluding carboxylic acids is 1. The van der Waals surface area contributed by atoms with E-state index in [9.17, 15) is 30.8 Å². The summed E-state index contributed by atoms with van der Waals surface area (Å²) in [6.07, 6.45) is -2.90. The zero-order chi connectivity index (χ0) is 28.2. The van der Waals surface area contributed by atoms with Gasteiger partial charge in [0, 0.05) is 31.7 Å². The maximum Gasteiger partial charge on any atom is 0.422 e. The molecule has 1 unspecified atom stereocenters. The molecule has 208 valence electrons. The van der Waals surface area contributed by atoms with Crippen molar-refractivity contribution >= 4 is 22.4 Å². The van der Waals surface area contributed by atoms with Gasteiger partial charge in [-0.05, 0) is 29.3 Å². The van der Waals surface area contributed by atoms with E-state index in [1.54, 1.807) is 24.3 Å². The summed E-state index contributed by atoms with van der Waals surface area (Å²) < 4.78 is 81.8. The number of ether oxygens (including phenoxy) is 1. The molecule has 10 nitrogen and oxygen atoms in total. The van der Waals surface area contributed by atoms with Crippen LogP contribution in [0.2, 0.25) is 0 Å². The number of hydrogen-bond donors (Lipinski definition) is 1. The Bertz CT molecular complexity index is 1420. The lowest BCUT2D eigenvalue weighted by molar-refractivity contribution is -0.154. The molecule has 2 aromatic carbocycles. The fourth-order valence-electron chi connectivity index (χ4n) is 3.94. The minimum Gasteiger partial charge on any atom is -0.454 e. The highest BCUT2D eigenvalue weighted by atomic mass is 32.2. The van der Waals surface area contributed by atoms with Gasteiger partial charge in [0.05, 0.1) is 12.3 Å². The first-order valence-corrected chi connectivity index (χ1v) is 13.5. The lowest BCUT2D eigenvalue weighted by Crippen LogP contribution is -2.49. The van der Waals surface area contributed by atoms with Gasteiger partial charge < -0.3 is 15.0 Å². The highest BCUT2D eigenvalue weighted by Crippen LogP contribution is 2.29. The number of sulfonamides is 1. The van der Waals surface area contributed by atoms with E-state index in [1.807, 2.05) is 0 Å². The highest BCUT2D eigenvalue weighted by Gasteiger charge is 2.32. The van der Waals surface area contributed by atoms with Gasteiger partial charge in [-0.2, -0.15) is 32.4 Å². The predicted octanol–water partition coefficient (Wildman–Crippen LogP) is 3.01. The second kappa shape index (κ2) is 11.5. The number of alkyl halides is 3. The molecule has 1 saturated heterocycles. The number of nitrogens with zero attached hydrogens (tertiary/aromatic N) is 5. The number of aromatic nitrogens is 3. The van der Waals surface area contributed by atoms with Crippen LogP contribution in [0.3, 0.4) is 0 Å². The van der Waals surface area contributed by atoms with E-state index >= 15 is 0 Å². The van der Waals surface area contributed by atoms with Gasteiger partial charge >= 0.3 is 12.2 Å². The molecule has 0 aliphatic carbocycles. The molecule has 4 rings (SSSR count). The molecule has 1 aliphatic rings. The number of rotatable bonds is 9. The molecule has 1 N–H and O–H groups in total. The number of anilines is 1. The number of nitrogens with one attached hydrogen (secondary N) is 1. The third kappa shape index (κ3) is 7.60. The predicted molar refractivity (Wildman–Crippen MR) is 132 cm³/mol. The normalized spacial score (nSPS) is 16.6. The van der Waals surface area contributed by atoms with E-state index in [-0.39, 0.29) is 38.0 Å². The molecule has 3 aromatic rings. The first kappa shape index (κ1) is 28.2. The third-order valence-corrected chi connectivity index (χ3v) is 7.13. The Hall–Kier alpha value is -3.85. The minimum absolute atomic E-state index is 0.0148. The number of hydrogen-bond acceptors (Lipinski definition) is 8. The maximum atomic E-state index is 13.2. The fourth-order valence-corrected chi connectivity index (χ4v) is 4.77. The number of benzene rings is 2. The lowest BCUT2D eigenvalue weighted by Gasteiger charge is -2.38. The molecular formula is C24H24F4N6O4S. The van der Waals surface area contributed by atoms with Crippen molar-refractivity contribution in [1.29, 1.82) is 0 Å². The Labute approximate surface area is 221 Å². The topological polar surface area (TPSA) is 118 Å². The number of halogens is 4. The first-order chi connectivity index (χ1) is 18.4. The van der Waals surface area contributed by atoms with Crippen molar-refractivity contribution < 1.29 is 35.5 Å². The zero-order valence-electron chi connectivity index (χ0n) is 20.6. The second-order valence-corrected chi connectivity index (χ2v) is 10.7. The van der Waals surface area contributed by atoms with Crippen LogP contribution in [0.4, 0.5) is 23.5 Å². The standard InChI is InChI=1S/C24H24F4N6O4S/c1-39(36,37)34-10-9-33(15-35)20(13-34)17-3-2-4-18(11-17)21-30-22(29-12-16-5-7-19(25)8-6-16)32-23(31-21)38-14-24(26,27)28/h2-8,11,15,20H,9-10,12-14H2,1H3,(H,29,30,31,32). The highest BCUT2D eigenvalue weighted by molar-refractivity contribution is 7.88. The minimum atomic E-state index is -4.63. The Morgan fingerprint density at radius 3 is 2.51 bits per heavy atom. The summed E-state index contributed by atoms with van der Waals surface area (Å²) in [4.78, 5) is 25.4. The van der Waals surface area contributed by atoms with Crippen LogP contribution < -0.4 is 10.1 Å². The van der Waals surface area contributed by atoms with E-state index in [2.05, 4.69) is 20.3 Å². The summed E-state index contributed by atoms with van der Waals surface area (Å²) in [5.74, 6) is -0.518. The van der Waals surface area contributed by atoms with Crippen LogP contribution >= 0.6 is 0 Å². The van der Waals surface area contributed by atoms with Gasteiger partial charge in [-0.15, -0.1) is 0 Å². The summed E-state index contributed by atoms with van der Waals surface area (Å²) in [6, 6.07) is 11.0. The molecule has 0 radical (unpaired) electrons. The molecule has 2 heterocycles. The number of carbonyl (C=O) groups is 1. The lowest BCUT2D eigenvalue weighted by atomic mass is 10.0. The van der Waals surface area contributed by atoms with E-state index in [0.29, 0.717) is 23.1 Å². The molecule has 1 atom stereocenters. The van der Waals surface area contributed by atoms with E-state index < -0.39 is 40.7 Å². The van der Waals surface area contributed by atoms with E-state index in [1.165, 1.54) is 33.5 Å². The SMILES string of the molecule is CS(=O)(=O)N1CCN(C=O)C(c2cccc(-c3nc(NCc4ccc(F)cc4)nc(OCC(F)(F)F)n3)c2)C1. The van der Waals surface area contributed by atoms with Gasteiger partial charge in [-0.25, -0.2) is 12.8 Å². The van der Waals surface area contributed by atoms with Crippen molar-refractivity contribution in [1.82, 2.24) is 24.2 Å². The summed E-state index contributed by atoms with van der Waals surface area (Å²) in [6.45, 7) is -1.11. The molecule has 1 fully saturated rings. The second-order valence-electron chi connectivity index (χ2n) is 8.75. The van der Waals surface area contributed by atoms with Crippen molar-refractivity contribution in [2.45, 2.75) is 18.8 Å². The van der Waals surface area contributed by atoms with Crippen molar-refractivity contribution in [3.63, 3.8) is 0 Å². The van der Waals surface area contributed by atoms with Crippen molar-refractivity contribution in [2.24, 2.45) is 0 Å². The molecule has 1 amide bonds. The van der Waals surface area contributed by atoms with Gasteiger partial charge in [0.1, 0.15) is 5.82 Å². The van der Waals surface area contributed by atoms with Crippen LogP contribution in [0.5, 0.6) is 6.01 Å². The van der Waals surface area contributed by atoms with Crippen molar-refractivity contribution in [2.75, 3.05) is 37.8 Å². The molecule has 0 spiro atoms. The Balaban J connectivity index is 1.65. The molecule has 0 bridgehead atoms. The molecule has 0 saturated carbocycles. The van der Waals surface area contributed by atoms with Crippen LogP contribution in [0.1, 0.15) is 17.2 Å². The van der Waals surface area contributed by atoms with Crippen LogP contribution in [0.15, 0.2) is 48.5 Å². The Morgan fingerprint density at radius 2 is 1.85 bits per heavy atom. The number of piperazine rings is 1. The van der Waals surface area contributed by atoms with Crippen LogP contribution in [0, 0.1) is 5.82 Å². The van der Waals surface area contributed by atoms with Crippen LogP contribution in [0.25, 0.3) is 11.4 Å². The van der Waals surface area contributed by atoms with E-state index in [0.717, 1.165) is 6.26 Å². The molecule has 1 aliphatic heterocycles. The van der Waals surface area contributed by atoms with Gasteiger partial charge in [0.2, 0.25) is 22.4 Å².